The highest BCUT2D eigenvalue weighted by Crippen LogP contribution is 2.20. The van der Waals surface area contributed by atoms with E-state index in [0.29, 0.717) is 6.61 Å². The number of carboxylic acid groups (broad SMARTS) is 1. The fraction of sp³-hybridized carbons (Fsp3) is 0.750. The van der Waals surface area contributed by atoms with E-state index in [4.69, 9.17) is 5.11 Å². The number of alkyl halides is 3. The Hall–Kier alpha value is -1.27. The van der Waals surface area contributed by atoms with Gasteiger partial charge in [-0.05, 0) is 6.92 Å². The molecule has 90 valence electrons. The third kappa shape index (κ3) is 24.5. The van der Waals surface area contributed by atoms with E-state index in [2.05, 4.69) is 4.74 Å². The zero-order chi connectivity index (χ0) is 12.5. The number of ether oxygens (including phenoxy) is 1. The van der Waals surface area contributed by atoms with Crippen LogP contribution in [-0.2, 0) is 14.3 Å². The summed E-state index contributed by atoms with van der Waals surface area (Å²) < 4.78 is 37.9. The molecule has 0 aliphatic heterocycles. The van der Waals surface area contributed by atoms with Crippen LogP contribution in [0, 0.1) is 0 Å². The topological polar surface area (TPSA) is 63.6 Å². The molecule has 0 amide bonds. The van der Waals surface area contributed by atoms with Crippen LogP contribution >= 0.6 is 0 Å². The Morgan fingerprint density at radius 3 is 1.87 bits per heavy atom. The summed E-state index contributed by atoms with van der Waals surface area (Å²) in [6.45, 7) is 3.65. The molecule has 0 aliphatic rings. The third-order valence-electron chi connectivity index (χ3n) is 0.970. The highest BCUT2D eigenvalue weighted by molar-refractivity contribution is 5.66. The second kappa shape index (κ2) is 8.07. The first-order chi connectivity index (χ1) is 6.69. The van der Waals surface area contributed by atoms with Gasteiger partial charge in [0, 0.05) is 6.92 Å². The molecule has 1 N–H and O–H groups in total. The van der Waals surface area contributed by atoms with E-state index in [9.17, 15) is 22.8 Å². The smallest absolute Gasteiger partial charge is 0.389 e. The predicted molar refractivity (Wildman–Crippen MR) is 45.2 cm³/mol. The fourth-order valence-electron chi connectivity index (χ4n) is 0.452. The molecule has 0 atom stereocenters. The van der Waals surface area contributed by atoms with Gasteiger partial charge in [0.25, 0.3) is 0 Å². The van der Waals surface area contributed by atoms with E-state index in [1.807, 2.05) is 0 Å². The van der Waals surface area contributed by atoms with Crippen molar-refractivity contribution in [3.63, 3.8) is 0 Å². The molecule has 7 heteroatoms. The Kier molecular flexibility index (Phi) is 8.70. The maximum absolute atomic E-state index is 11.2. The van der Waals surface area contributed by atoms with E-state index in [1.54, 1.807) is 6.92 Å². The van der Waals surface area contributed by atoms with Gasteiger partial charge in [0.05, 0.1) is 19.4 Å². The van der Waals surface area contributed by atoms with Crippen molar-refractivity contribution in [3.8, 4) is 0 Å². The Labute approximate surface area is 85.0 Å². The lowest BCUT2D eigenvalue weighted by atomic mass is 10.3. The van der Waals surface area contributed by atoms with Gasteiger partial charge in [-0.15, -0.1) is 0 Å². The van der Waals surface area contributed by atoms with E-state index < -0.39 is 25.0 Å². The van der Waals surface area contributed by atoms with Crippen LogP contribution in [0.2, 0.25) is 0 Å². The average Bonchev–Trinajstić information content (AvgIpc) is 2.00. The number of halogens is 3. The Morgan fingerprint density at radius 1 is 1.33 bits per heavy atom. The highest BCUT2D eigenvalue weighted by atomic mass is 19.4. The van der Waals surface area contributed by atoms with Crippen LogP contribution in [0.4, 0.5) is 13.2 Å². The molecule has 0 bridgehead atoms. The molecule has 0 aliphatic carbocycles. The normalized spacial score (nSPS) is 9.93. The zero-order valence-electron chi connectivity index (χ0n) is 8.43. The van der Waals surface area contributed by atoms with Crippen molar-refractivity contribution in [2.75, 3.05) is 6.61 Å². The van der Waals surface area contributed by atoms with Crippen molar-refractivity contribution in [1.29, 1.82) is 0 Å². The van der Waals surface area contributed by atoms with Gasteiger partial charge in [-0.3, -0.25) is 9.59 Å². The van der Waals surface area contributed by atoms with Crippen molar-refractivity contribution in [3.05, 3.63) is 0 Å². The molecular weight excluding hydrogens is 217 g/mol. The molecule has 15 heavy (non-hydrogen) atoms. The number of rotatable bonds is 3. The number of esters is 1. The van der Waals surface area contributed by atoms with Crippen LogP contribution in [0.15, 0.2) is 0 Å². The number of carbonyl (C=O) groups excluding carboxylic acids is 1. The van der Waals surface area contributed by atoms with E-state index >= 15 is 0 Å². The molecule has 0 aromatic carbocycles. The van der Waals surface area contributed by atoms with Crippen LogP contribution in [0.25, 0.3) is 0 Å². The van der Waals surface area contributed by atoms with Gasteiger partial charge < -0.3 is 9.84 Å². The van der Waals surface area contributed by atoms with Crippen LogP contribution in [-0.4, -0.2) is 29.8 Å². The highest BCUT2D eigenvalue weighted by Gasteiger charge is 2.27. The van der Waals surface area contributed by atoms with Gasteiger partial charge >= 0.3 is 18.1 Å². The number of hydrogen-bond donors (Lipinski definition) is 1. The van der Waals surface area contributed by atoms with Crippen molar-refractivity contribution in [1.82, 2.24) is 0 Å². The fourth-order valence-corrected chi connectivity index (χ4v) is 0.452. The standard InChI is InChI=1S/C4H5F3O2.C4H8O2/c5-4(6,7)2-1-3(8)9;1-3-6-4(2)5/h1-2H2,(H,8,9);3H2,1-2H3. The van der Waals surface area contributed by atoms with E-state index in [0.717, 1.165) is 0 Å². The van der Waals surface area contributed by atoms with Gasteiger partial charge in [0.2, 0.25) is 0 Å². The molecule has 0 saturated heterocycles. The van der Waals surface area contributed by atoms with Crippen molar-refractivity contribution in [2.45, 2.75) is 32.9 Å². The van der Waals surface area contributed by atoms with E-state index in [1.165, 1.54) is 6.92 Å². The molecule has 4 nitrogen and oxygen atoms in total. The summed E-state index contributed by atoms with van der Waals surface area (Å²) in [6, 6.07) is 0. The molecule has 0 heterocycles. The maximum Gasteiger partial charge on any atom is 0.389 e. The molecular formula is C8H13F3O4. The summed E-state index contributed by atoms with van der Waals surface area (Å²) in [5.41, 5.74) is 0. The average molecular weight is 230 g/mol. The molecule has 0 aromatic heterocycles. The van der Waals surface area contributed by atoms with Crippen LogP contribution in [0.5, 0.6) is 0 Å². The molecule has 0 unspecified atom stereocenters. The maximum atomic E-state index is 11.2. The molecule has 0 fully saturated rings. The van der Waals surface area contributed by atoms with Crippen LogP contribution in [0.3, 0.4) is 0 Å². The zero-order valence-corrected chi connectivity index (χ0v) is 8.43. The quantitative estimate of drug-likeness (QED) is 0.753. The van der Waals surface area contributed by atoms with Gasteiger partial charge in [0.1, 0.15) is 0 Å². The van der Waals surface area contributed by atoms with Crippen molar-refractivity contribution >= 4 is 11.9 Å². The molecule has 0 aromatic rings. The monoisotopic (exact) mass is 230 g/mol. The molecule has 0 radical (unpaired) electrons. The van der Waals surface area contributed by atoms with Crippen LogP contribution < -0.4 is 0 Å². The van der Waals surface area contributed by atoms with E-state index in [-0.39, 0.29) is 5.97 Å². The van der Waals surface area contributed by atoms with Gasteiger partial charge in [-0.25, -0.2) is 0 Å². The molecule has 0 saturated carbocycles. The lowest BCUT2D eigenvalue weighted by Crippen LogP contribution is -2.09. The Morgan fingerprint density at radius 2 is 1.80 bits per heavy atom. The van der Waals surface area contributed by atoms with Crippen molar-refractivity contribution < 1.29 is 32.6 Å². The lowest BCUT2D eigenvalue weighted by Gasteiger charge is -2.01. The summed E-state index contributed by atoms with van der Waals surface area (Å²) in [6.07, 6.45) is -6.44. The second-order valence-corrected chi connectivity index (χ2v) is 2.43. The number of aliphatic carboxylic acids is 1. The molecule has 0 spiro atoms. The van der Waals surface area contributed by atoms with Gasteiger partial charge in [-0.1, -0.05) is 0 Å². The number of hydrogen-bond acceptors (Lipinski definition) is 3. The lowest BCUT2D eigenvalue weighted by molar-refractivity contribution is -0.152. The van der Waals surface area contributed by atoms with Crippen LogP contribution in [0.1, 0.15) is 26.7 Å². The minimum atomic E-state index is -4.35. The summed E-state index contributed by atoms with van der Waals surface area (Å²) in [7, 11) is 0. The third-order valence-corrected chi connectivity index (χ3v) is 0.970. The Bertz CT molecular complexity index is 201. The largest absolute Gasteiger partial charge is 0.481 e. The summed E-state index contributed by atoms with van der Waals surface area (Å²) in [4.78, 5) is 19.4. The number of carbonyl (C=O) groups is 2. The summed E-state index contributed by atoms with van der Waals surface area (Å²) in [5, 5.41) is 7.78. The minimum Gasteiger partial charge on any atom is -0.481 e. The number of carboxylic acids is 1. The Balaban J connectivity index is 0. The van der Waals surface area contributed by atoms with Crippen molar-refractivity contribution in [2.24, 2.45) is 0 Å². The molecule has 0 rings (SSSR count). The van der Waals surface area contributed by atoms with Gasteiger partial charge in [0.15, 0.2) is 0 Å². The SMILES string of the molecule is CCOC(C)=O.O=C(O)CCC(F)(F)F. The minimum absolute atomic E-state index is 0.211. The second-order valence-electron chi connectivity index (χ2n) is 2.43. The van der Waals surface area contributed by atoms with Gasteiger partial charge in [-0.2, -0.15) is 13.2 Å². The first-order valence-corrected chi connectivity index (χ1v) is 4.11. The summed E-state index contributed by atoms with van der Waals surface area (Å²) in [5.74, 6) is -1.63. The predicted octanol–water partition coefficient (Wildman–Crippen LogP) is 1.98. The first-order valence-electron chi connectivity index (χ1n) is 4.11. The summed E-state index contributed by atoms with van der Waals surface area (Å²) >= 11 is 0. The first kappa shape index (κ1) is 16.2.